The Hall–Kier alpha value is -1.03. The quantitative estimate of drug-likeness (QED) is 0.873. The number of anilines is 1. The van der Waals surface area contributed by atoms with Crippen LogP contribution in [-0.2, 0) is 0 Å². The molecule has 2 rings (SSSR count). The summed E-state index contributed by atoms with van der Waals surface area (Å²) in [6.45, 7) is 3.20. The number of nitrogens with one attached hydrogen (secondary N) is 1. The highest BCUT2D eigenvalue weighted by Gasteiger charge is 2.27. The predicted octanol–water partition coefficient (Wildman–Crippen LogP) is 3.61. The second-order valence-electron chi connectivity index (χ2n) is 4.70. The summed E-state index contributed by atoms with van der Waals surface area (Å²) in [6.07, 6.45) is 2.70. The Morgan fingerprint density at radius 2 is 2.29 bits per heavy atom. The molecule has 4 heteroatoms. The molecule has 1 fully saturated rings. The van der Waals surface area contributed by atoms with E-state index < -0.39 is 5.97 Å². The molecule has 0 radical (unpaired) electrons. The van der Waals surface area contributed by atoms with Gasteiger partial charge in [-0.25, -0.2) is 4.79 Å². The summed E-state index contributed by atoms with van der Waals surface area (Å²) in [5.74, 6) is 0.659. The molecule has 1 atom stereocenters. The van der Waals surface area contributed by atoms with Crippen molar-refractivity contribution in [3.63, 3.8) is 0 Å². The second-order valence-corrected chi connectivity index (χ2v) is 5.55. The molecule has 0 bridgehead atoms. The molecule has 0 aliphatic heterocycles. The molecule has 0 heterocycles. The highest BCUT2D eigenvalue weighted by molar-refractivity contribution is 9.10. The lowest BCUT2D eigenvalue weighted by Crippen LogP contribution is -2.13. The van der Waals surface area contributed by atoms with E-state index >= 15 is 0 Å². The molecular weight excluding hydrogens is 282 g/mol. The molecule has 0 amide bonds. The summed E-state index contributed by atoms with van der Waals surface area (Å²) in [7, 11) is 0. The standard InChI is InChI=1S/C13H16BrNO2/c1-8(9-2-3-9)7-15-10-4-5-11(13(16)17)12(14)6-10/h4-6,8-9,15H,2-3,7H2,1H3,(H,16,17). The molecule has 1 unspecified atom stereocenters. The van der Waals surface area contributed by atoms with Crippen LogP contribution in [0.25, 0.3) is 0 Å². The lowest BCUT2D eigenvalue weighted by Gasteiger charge is -2.13. The van der Waals surface area contributed by atoms with Crippen LogP contribution in [0.5, 0.6) is 0 Å². The lowest BCUT2D eigenvalue weighted by atomic mass is 10.1. The zero-order valence-corrected chi connectivity index (χ0v) is 11.3. The molecule has 92 valence electrons. The van der Waals surface area contributed by atoms with Crippen molar-refractivity contribution in [1.29, 1.82) is 0 Å². The summed E-state index contributed by atoms with van der Waals surface area (Å²) in [5.41, 5.74) is 1.26. The number of carbonyl (C=O) groups is 1. The van der Waals surface area contributed by atoms with Crippen molar-refractivity contribution in [2.75, 3.05) is 11.9 Å². The van der Waals surface area contributed by atoms with Crippen molar-refractivity contribution < 1.29 is 9.90 Å². The number of halogens is 1. The summed E-state index contributed by atoms with van der Waals surface area (Å²) in [4.78, 5) is 10.8. The van der Waals surface area contributed by atoms with E-state index in [0.717, 1.165) is 18.2 Å². The zero-order valence-electron chi connectivity index (χ0n) is 9.74. The number of benzene rings is 1. The van der Waals surface area contributed by atoms with E-state index in [0.29, 0.717) is 16.0 Å². The van der Waals surface area contributed by atoms with Gasteiger partial charge in [-0.15, -0.1) is 0 Å². The number of hydrogen-bond donors (Lipinski definition) is 2. The van der Waals surface area contributed by atoms with Gasteiger partial charge in [-0.1, -0.05) is 6.92 Å². The van der Waals surface area contributed by atoms with E-state index in [9.17, 15) is 4.79 Å². The van der Waals surface area contributed by atoms with Crippen molar-refractivity contribution in [2.24, 2.45) is 11.8 Å². The average molecular weight is 298 g/mol. The van der Waals surface area contributed by atoms with Gasteiger partial charge in [-0.05, 0) is 58.8 Å². The van der Waals surface area contributed by atoms with Gasteiger partial charge in [-0.2, -0.15) is 0 Å². The maximum Gasteiger partial charge on any atom is 0.336 e. The molecule has 0 saturated heterocycles. The molecular formula is C13H16BrNO2. The van der Waals surface area contributed by atoms with Crippen molar-refractivity contribution in [3.05, 3.63) is 28.2 Å². The topological polar surface area (TPSA) is 49.3 Å². The molecule has 0 aromatic heterocycles. The number of aromatic carboxylic acids is 1. The predicted molar refractivity (Wildman–Crippen MR) is 71.5 cm³/mol. The fraction of sp³-hybridized carbons (Fsp3) is 0.462. The Kier molecular flexibility index (Phi) is 3.72. The summed E-state index contributed by atoms with van der Waals surface area (Å²) in [5, 5.41) is 12.3. The van der Waals surface area contributed by atoms with Crippen molar-refractivity contribution in [2.45, 2.75) is 19.8 Å². The van der Waals surface area contributed by atoms with Gasteiger partial charge in [0.25, 0.3) is 0 Å². The van der Waals surface area contributed by atoms with Crippen LogP contribution >= 0.6 is 15.9 Å². The zero-order chi connectivity index (χ0) is 12.4. The first-order valence-electron chi connectivity index (χ1n) is 5.84. The first kappa shape index (κ1) is 12.4. The van der Waals surface area contributed by atoms with E-state index in [1.54, 1.807) is 6.07 Å². The monoisotopic (exact) mass is 297 g/mol. The van der Waals surface area contributed by atoms with Crippen molar-refractivity contribution >= 4 is 27.6 Å². The number of carboxylic acids is 1. The molecule has 1 aromatic carbocycles. The Balaban J connectivity index is 1.97. The Labute approximate surface area is 109 Å². The maximum atomic E-state index is 10.8. The minimum Gasteiger partial charge on any atom is -0.478 e. The Bertz CT molecular complexity index is 429. The van der Waals surface area contributed by atoms with E-state index in [1.165, 1.54) is 12.8 Å². The van der Waals surface area contributed by atoms with Gasteiger partial charge in [0.05, 0.1) is 5.56 Å². The van der Waals surface area contributed by atoms with E-state index in [-0.39, 0.29) is 0 Å². The van der Waals surface area contributed by atoms with Crippen molar-refractivity contribution in [3.8, 4) is 0 Å². The van der Waals surface area contributed by atoms with Gasteiger partial charge in [0.2, 0.25) is 0 Å². The van der Waals surface area contributed by atoms with Gasteiger partial charge in [0, 0.05) is 16.7 Å². The van der Waals surface area contributed by atoms with Crippen molar-refractivity contribution in [1.82, 2.24) is 0 Å². The smallest absolute Gasteiger partial charge is 0.336 e. The molecule has 2 N–H and O–H groups in total. The first-order chi connectivity index (χ1) is 8.08. The molecule has 0 spiro atoms. The van der Waals surface area contributed by atoms with Crippen LogP contribution in [0.4, 0.5) is 5.69 Å². The van der Waals surface area contributed by atoms with E-state index in [2.05, 4.69) is 28.2 Å². The highest BCUT2D eigenvalue weighted by atomic mass is 79.9. The second kappa shape index (κ2) is 5.08. The number of rotatable bonds is 5. The van der Waals surface area contributed by atoms with E-state index in [4.69, 9.17) is 5.11 Å². The molecule has 1 aromatic rings. The fourth-order valence-electron chi connectivity index (χ4n) is 1.91. The van der Waals surface area contributed by atoms with Crippen LogP contribution < -0.4 is 5.32 Å². The third kappa shape index (κ3) is 3.22. The highest BCUT2D eigenvalue weighted by Crippen LogP contribution is 2.36. The molecule has 1 aliphatic carbocycles. The minimum atomic E-state index is -0.908. The summed E-state index contributed by atoms with van der Waals surface area (Å²) < 4.78 is 0.620. The lowest BCUT2D eigenvalue weighted by molar-refractivity contribution is 0.0696. The van der Waals surface area contributed by atoms with Gasteiger partial charge in [-0.3, -0.25) is 0 Å². The maximum absolute atomic E-state index is 10.8. The van der Waals surface area contributed by atoms with Gasteiger partial charge in [0.15, 0.2) is 0 Å². The minimum absolute atomic E-state index is 0.297. The third-order valence-electron chi connectivity index (χ3n) is 3.25. The van der Waals surface area contributed by atoms with E-state index in [1.807, 2.05) is 12.1 Å². The fourth-order valence-corrected chi connectivity index (χ4v) is 2.46. The summed E-state index contributed by atoms with van der Waals surface area (Å²) in [6, 6.07) is 5.26. The first-order valence-corrected chi connectivity index (χ1v) is 6.64. The Morgan fingerprint density at radius 3 is 2.82 bits per heavy atom. The van der Waals surface area contributed by atoms with Gasteiger partial charge >= 0.3 is 5.97 Å². The Morgan fingerprint density at radius 1 is 1.59 bits per heavy atom. The average Bonchev–Trinajstić information content (AvgIpc) is 3.09. The van der Waals surface area contributed by atoms with Crippen LogP contribution in [0.2, 0.25) is 0 Å². The van der Waals surface area contributed by atoms with Gasteiger partial charge in [0.1, 0.15) is 0 Å². The van der Waals surface area contributed by atoms with Crippen LogP contribution in [0.3, 0.4) is 0 Å². The SMILES string of the molecule is CC(CNc1ccc(C(=O)O)c(Br)c1)C1CC1. The normalized spacial score (nSPS) is 16.6. The van der Waals surface area contributed by atoms with Gasteiger partial charge < -0.3 is 10.4 Å². The molecule has 1 saturated carbocycles. The largest absolute Gasteiger partial charge is 0.478 e. The molecule has 17 heavy (non-hydrogen) atoms. The summed E-state index contributed by atoms with van der Waals surface area (Å²) >= 11 is 3.28. The number of carboxylic acid groups (broad SMARTS) is 1. The van der Waals surface area contributed by atoms with Crippen LogP contribution in [-0.4, -0.2) is 17.6 Å². The van der Waals surface area contributed by atoms with Crippen LogP contribution in [0.1, 0.15) is 30.1 Å². The van der Waals surface area contributed by atoms with Crippen LogP contribution in [0, 0.1) is 11.8 Å². The molecule has 1 aliphatic rings. The number of hydrogen-bond acceptors (Lipinski definition) is 2. The van der Waals surface area contributed by atoms with Crippen LogP contribution in [0.15, 0.2) is 22.7 Å². The molecule has 3 nitrogen and oxygen atoms in total. The third-order valence-corrected chi connectivity index (χ3v) is 3.91.